The number of hydrogen-bond donors (Lipinski definition) is 0. The van der Waals surface area contributed by atoms with Gasteiger partial charge in [0.1, 0.15) is 6.10 Å². The van der Waals surface area contributed by atoms with Crippen molar-refractivity contribution in [1.29, 1.82) is 0 Å². The molecule has 0 heterocycles. The molecule has 4 aliphatic rings. The molecule has 2 fully saturated rings. The molecular formula is C25H34O3. The number of carbonyl (C=O) groups excluding carboxylic acids is 2. The highest BCUT2D eigenvalue weighted by molar-refractivity contribution is 5.92. The van der Waals surface area contributed by atoms with Crippen LogP contribution in [0.25, 0.3) is 0 Å². The van der Waals surface area contributed by atoms with E-state index in [1.807, 2.05) is 13.0 Å². The van der Waals surface area contributed by atoms with Crippen molar-refractivity contribution in [3.8, 4) is 12.8 Å². The Morgan fingerprint density at radius 2 is 1.93 bits per heavy atom. The van der Waals surface area contributed by atoms with Gasteiger partial charge < -0.3 is 4.74 Å². The fourth-order valence-electron chi connectivity index (χ4n) is 6.56. The lowest BCUT2D eigenvalue weighted by atomic mass is 9.49. The van der Waals surface area contributed by atoms with Crippen LogP contribution in [0.5, 0.6) is 0 Å². The quantitative estimate of drug-likeness (QED) is 0.494. The van der Waals surface area contributed by atoms with Crippen molar-refractivity contribution in [3.05, 3.63) is 23.8 Å². The number of allylic oxidation sites excluding steroid dienone is 4. The number of hydrogen-bond acceptors (Lipinski definition) is 3. The summed E-state index contributed by atoms with van der Waals surface area (Å²) in [5.41, 5.74) is 1.50. The molecule has 6 atom stereocenters. The van der Waals surface area contributed by atoms with Crippen LogP contribution < -0.4 is 0 Å². The van der Waals surface area contributed by atoms with Crippen LogP contribution in [0.15, 0.2) is 23.8 Å². The Morgan fingerprint density at radius 1 is 1.18 bits per heavy atom. The Hall–Kier alpha value is -1.82. The Labute approximate surface area is 170 Å². The van der Waals surface area contributed by atoms with Crippen molar-refractivity contribution in [2.45, 2.75) is 78.2 Å². The minimum absolute atomic E-state index is 0.0244. The summed E-state index contributed by atoms with van der Waals surface area (Å²) in [6.45, 7) is 6.76. The monoisotopic (exact) mass is 382 g/mol. The van der Waals surface area contributed by atoms with E-state index in [9.17, 15) is 9.59 Å². The first-order valence-electron chi connectivity index (χ1n) is 10.8. The van der Waals surface area contributed by atoms with Crippen molar-refractivity contribution in [1.82, 2.24) is 0 Å². The highest BCUT2D eigenvalue weighted by atomic mass is 16.5. The van der Waals surface area contributed by atoms with Gasteiger partial charge in [0.25, 0.3) is 0 Å². The number of ketones is 1. The van der Waals surface area contributed by atoms with Crippen LogP contribution in [0.4, 0.5) is 0 Å². The van der Waals surface area contributed by atoms with Crippen molar-refractivity contribution in [2.75, 3.05) is 0 Å². The molecule has 5 unspecified atom stereocenters. The van der Waals surface area contributed by atoms with Gasteiger partial charge in [-0.05, 0) is 73.3 Å². The van der Waals surface area contributed by atoms with Crippen LogP contribution in [0.3, 0.4) is 0 Å². The second-order valence-electron chi connectivity index (χ2n) is 9.48. The molecular weight excluding hydrogens is 348 g/mol. The van der Waals surface area contributed by atoms with E-state index >= 15 is 0 Å². The van der Waals surface area contributed by atoms with Crippen molar-refractivity contribution in [2.24, 2.45) is 28.6 Å². The summed E-state index contributed by atoms with van der Waals surface area (Å²) < 4.78 is 5.93. The normalized spacial score (nSPS) is 40.9. The lowest BCUT2D eigenvalue weighted by Gasteiger charge is -2.55. The van der Waals surface area contributed by atoms with E-state index in [4.69, 9.17) is 4.74 Å². The van der Waals surface area contributed by atoms with Crippen LogP contribution >= 0.6 is 0 Å². The fourth-order valence-corrected chi connectivity index (χ4v) is 6.56. The highest BCUT2D eigenvalue weighted by Crippen LogP contribution is 2.64. The van der Waals surface area contributed by atoms with Crippen molar-refractivity contribution in [3.63, 3.8) is 0 Å². The van der Waals surface area contributed by atoms with Gasteiger partial charge in [0, 0.05) is 18.3 Å². The predicted octanol–water partition coefficient (Wildman–Crippen LogP) is 5.26. The molecule has 0 saturated heterocycles. The third kappa shape index (κ3) is 3.25. The molecule has 3 nitrogen and oxygen atoms in total. The molecule has 0 spiro atoms. The first kappa shape index (κ1) is 20.9. The predicted molar refractivity (Wildman–Crippen MR) is 111 cm³/mol. The van der Waals surface area contributed by atoms with E-state index in [2.05, 4.69) is 38.8 Å². The molecule has 0 aromatic rings. The largest absolute Gasteiger partial charge is 0.462 e. The third-order valence-electron chi connectivity index (χ3n) is 8.16. The Bertz CT molecular complexity index is 715. The van der Waals surface area contributed by atoms with Gasteiger partial charge in [-0.3, -0.25) is 9.59 Å². The summed E-state index contributed by atoms with van der Waals surface area (Å²) in [4.78, 5) is 24.0. The van der Waals surface area contributed by atoms with E-state index in [1.54, 1.807) is 0 Å². The Kier molecular flexibility index (Phi) is 5.89. The highest BCUT2D eigenvalue weighted by Gasteiger charge is 2.59. The lowest BCUT2D eigenvalue weighted by Crippen LogP contribution is -2.50. The summed E-state index contributed by atoms with van der Waals surface area (Å²) in [5.74, 6) is 2.02. The molecule has 2 saturated carbocycles. The van der Waals surface area contributed by atoms with Gasteiger partial charge in [0.2, 0.25) is 0 Å². The SMILES string of the molecule is C#C.CCCC(=O)O[C@H]1CCC2C3C=CC4=CC(=O)CCC4(C)C3CCC21C. The number of ether oxygens (including phenoxy) is 1. The molecule has 3 heteroatoms. The van der Waals surface area contributed by atoms with Gasteiger partial charge in [0.15, 0.2) is 5.78 Å². The summed E-state index contributed by atoms with van der Waals surface area (Å²) in [6.07, 6.45) is 22.1. The molecule has 0 bridgehead atoms. The second kappa shape index (κ2) is 7.90. The Balaban J connectivity index is 0.00000109. The zero-order valence-electron chi connectivity index (χ0n) is 17.6. The third-order valence-corrected chi connectivity index (χ3v) is 8.16. The van der Waals surface area contributed by atoms with E-state index in [1.165, 1.54) is 12.0 Å². The molecule has 0 aliphatic heterocycles. The molecule has 28 heavy (non-hydrogen) atoms. The average Bonchev–Trinajstić information content (AvgIpc) is 3.00. The molecule has 0 radical (unpaired) electrons. The Morgan fingerprint density at radius 3 is 2.64 bits per heavy atom. The molecule has 0 aromatic heterocycles. The summed E-state index contributed by atoms with van der Waals surface area (Å²) in [6, 6.07) is 0. The van der Waals surface area contributed by atoms with Gasteiger partial charge in [-0.2, -0.15) is 0 Å². The zero-order chi connectivity index (χ0) is 20.5. The minimum atomic E-state index is -0.0244. The number of carbonyl (C=O) groups is 2. The van der Waals surface area contributed by atoms with Crippen LogP contribution in [0.1, 0.15) is 72.1 Å². The maximum absolute atomic E-state index is 12.1. The van der Waals surface area contributed by atoms with Gasteiger partial charge in [0.05, 0.1) is 0 Å². The summed E-state index contributed by atoms with van der Waals surface area (Å²) in [7, 11) is 0. The number of rotatable bonds is 3. The maximum atomic E-state index is 12.1. The maximum Gasteiger partial charge on any atom is 0.306 e. The lowest BCUT2D eigenvalue weighted by molar-refractivity contribution is -0.158. The van der Waals surface area contributed by atoms with Crippen LogP contribution in [-0.4, -0.2) is 17.9 Å². The number of esters is 1. The van der Waals surface area contributed by atoms with E-state index in [0.29, 0.717) is 30.6 Å². The summed E-state index contributed by atoms with van der Waals surface area (Å²) >= 11 is 0. The van der Waals surface area contributed by atoms with E-state index in [0.717, 1.165) is 32.1 Å². The molecule has 0 N–H and O–H groups in total. The molecule has 4 aliphatic carbocycles. The fraction of sp³-hybridized carbons (Fsp3) is 0.680. The zero-order valence-corrected chi connectivity index (χ0v) is 17.6. The molecule has 0 amide bonds. The smallest absolute Gasteiger partial charge is 0.306 e. The van der Waals surface area contributed by atoms with Crippen molar-refractivity contribution >= 4 is 11.8 Å². The first-order chi connectivity index (χ1) is 13.4. The van der Waals surface area contributed by atoms with E-state index < -0.39 is 0 Å². The second-order valence-corrected chi connectivity index (χ2v) is 9.48. The first-order valence-corrected chi connectivity index (χ1v) is 10.8. The molecule has 152 valence electrons. The number of terminal acetylenes is 1. The van der Waals surface area contributed by atoms with Crippen LogP contribution in [0.2, 0.25) is 0 Å². The van der Waals surface area contributed by atoms with Gasteiger partial charge in [-0.1, -0.05) is 32.9 Å². The van der Waals surface area contributed by atoms with Gasteiger partial charge in [-0.15, -0.1) is 12.8 Å². The standard InChI is InChI=1S/C23H32O3.C2H2/c1-4-5-21(25)26-20-9-8-18-17-7-6-15-14-16(24)10-12-22(15,2)19(17)11-13-23(18,20)3;1-2/h6-7,14,17-20H,4-5,8-13H2,1-3H3;1-2H/t17?,18?,19?,20-,22?,23?;/m0./s1. The van der Waals surface area contributed by atoms with Gasteiger partial charge in [-0.25, -0.2) is 0 Å². The van der Waals surface area contributed by atoms with Gasteiger partial charge >= 0.3 is 5.97 Å². The topological polar surface area (TPSA) is 43.4 Å². The van der Waals surface area contributed by atoms with Crippen LogP contribution in [-0.2, 0) is 14.3 Å². The molecule has 4 rings (SSSR count). The minimum Gasteiger partial charge on any atom is -0.462 e. The van der Waals surface area contributed by atoms with E-state index in [-0.39, 0.29) is 28.7 Å². The molecule has 0 aromatic carbocycles. The summed E-state index contributed by atoms with van der Waals surface area (Å²) in [5, 5.41) is 0. The van der Waals surface area contributed by atoms with Crippen LogP contribution in [0, 0.1) is 41.4 Å². The van der Waals surface area contributed by atoms with Crippen molar-refractivity contribution < 1.29 is 14.3 Å². The number of fused-ring (bicyclic) bond motifs is 5. The average molecular weight is 383 g/mol.